The molecule has 2 aromatic carbocycles. The van der Waals surface area contributed by atoms with Gasteiger partial charge in [-0.2, -0.15) is 0 Å². The first-order valence-electron chi connectivity index (χ1n) is 8.84. The minimum Gasteiger partial charge on any atom is -0.352 e. The highest BCUT2D eigenvalue weighted by Gasteiger charge is 2.25. The highest BCUT2D eigenvalue weighted by atomic mass is 19.1. The molecule has 7 heteroatoms. The van der Waals surface area contributed by atoms with Gasteiger partial charge in [0.05, 0.1) is 5.52 Å². The Labute approximate surface area is 160 Å². The average Bonchev–Trinajstić information content (AvgIpc) is 2.65. The normalized spacial score (nSPS) is 12.0. The number of pyridine rings is 1. The van der Waals surface area contributed by atoms with E-state index in [0.29, 0.717) is 16.5 Å². The Morgan fingerprint density at radius 2 is 1.71 bits per heavy atom. The third kappa shape index (κ3) is 4.25. The van der Waals surface area contributed by atoms with Crippen molar-refractivity contribution in [1.82, 2.24) is 15.6 Å². The quantitative estimate of drug-likeness (QED) is 0.635. The van der Waals surface area contributed by atoms with E-state index in [4.69, 9.17) is 0 Å². The number of hydrogen-bond acceptors (Lipinski definition) is 3. The number of aromatic amines is 1. The Kier molecular flexibility index (Phi) is 5.54. The van der Waals surface area contributed by atoms with Crippen LogP contribution in [0, 0.1) is 5.82 Å². The number of amides is 2. The van der Waals surface area contributed by atoms with E-state index in [-0.39, 0.29) is 17.5 Å². The average molecular weight is 381 g/mol. The van der Waals surface area contributed by atoms with Crippen LogP contribution in [0.4, 0.5) is 4.39 Å². The van der Waals surface area contributed by atoms with Crippen molar-refractivity contribution in [2.45, 2.75) is 25.9 Å². The van der Waals surface area contributed by atoms with Gasteiger partial charge < -0.3 is 15.6 Å². The number of rotatable bonds is 5. The molecule has 0 aliphatic rings. The van der Waals surface area contributed by atoms with Crippen molar-refractivity contribution in [3.8, 4) is 0 Å². The van der Waals surface area contributed by atoms with Crippen molar-refractivity contribution >= 4 is 22.7 Å². The minimum absolute atomic E-state index is 0.116. The molecule has 0 aliphatic heterocycles. The van der Waals surface area contributed by atoms with E-state index in [1.165, 1.54) is 24.3 Å². The summed E-state index contributed by atoms with van der Waals surface area (Å²) in [5.41, 5.74) is 0.0658. The van der Waals surface area contributed by atoms with Crippen LogP contribution in [0.15, 0.2) is 59.4 Å². The van der Waals surface area contributed by atoms with E-state index in [2.05, 4.69) is 15.6 Å². The van der Waals surface area contributed by atoms with Gasteiger partial charge in [0.25, 0.3) is 11.5 Å². The van der Waals surface area contributed by atoms with Crippen LogP contribution in [-0.2, 0) is 4.79 Å². The van der Waals surface area contributed by atoms with Gasteiger partial charge in [-0.15, -0.1) is 0 Å². The molecule has 28 heavy (non-hydrogen) atoms. The smallest absolute Gasteiger partial charge is 0.261 e. The lowest BCUT2D eigenvalue weighted by Crippen LogP contribution is -2.43. The van der Waals surface area contributed by atoms with Gasteiger partial charge in [-0.05, 0) is 49.1 Å². The summed E-state index contributed by atoms with van der Waals surface area (Å²) in [6.45, 7) is 3.63. The Morgan fingerprint density at radius 1 is 1.00 bits per heavy atom. The molecule has 0 aliphatic carbocycles. The molecule has 3 aromatic rings. The van der Waals surface area contributed by atoms with E-state index < -0.39 is 23.3 Å². The van der Waals surface area contributed by atoms with Crippen LogP contribution in [0.3, 0.4) is 0 Å². The van der Waals surface area contributed by atoms with Crippen LogP contribution in [0.2, 0.25) is 0 Å². The van der Waals surface area contributed by atoms with Crippen LogP contribution in [-0.4, -0.2) is 22.8 Å². The summed E-state index contributed by atoms with van der Waals surface area (Å²) in [6.07, 6.45) is 0. The Balaban J connectivity index is 1.94. The van der Waals surface area contributed by atoms with Gasteiger partial charge in [0, 0.05) is 6.04 Å². The van der Waals surface area contributed by atoms with E-state index in [1.54, 1.807) is 30.3 Å². The number of carbonyl (C=O) groups is 2. The van der Waals surface area contributed by atoms with E-state index in [0.717, 1.165) is 0 Å². The summed E-state index contributed by atoms with van der Waals surface area (Å²) in [5.74, 6) is -1.57. The SMILES string of the molecule is CC(C)NC(=O)C(NC(=O)c1cc2ccc(F)cc2[nH]c1=O)c1ccccc1. The molecule has 0 saturated heterocycles. The van der Waals surface area contributed by atoms with Crippen molar-refractivity contribution in [3.63, 3.8) is 0 Å². The summed E-state index contributed by atoms with van der Waals surface area (Å²) in [7, 11) is 0. The molecule has 1 aromatic heterocycles. The van der Waals surface area contributed by atoms with Gasteiger partial charge in [-0.1, -0.05) is 30.3 Å². The van der Waals surface area contributed by atoms with E-state index in [1.807, 2.05) is 13.8 Å². The second kappa shape index (κ2) is 8.04. The van der Waals surface area contributed by atoms with Crippen LogP contribution in [0.5, 0.6) is 0 Å². The maximum absolute atomic E-state index is 13.3. The number of aromatic nitrogens is 1. The third-order valence-electron chi connectivity index (χ3n) is 4.15. The molecule has 0 bridgehead atoms. The zero-order chi connectivity index (χ0) is 20.3. The molecule has 0 fully saturated rings. The first kappa shape index (κ1) is 19.3. The highest BCUT2D eigenvalue weighted by molar-refractivity contribution is 5.99. The standard InChI is InChI=1S/C21H20FN3O3/c1-12(2)23-21(28)18(13-6-4-3-5-7-13)25-20(27)16-10-14-8-9-15(22)11-17(14)24-19(16)26/h3-12,18H,1-2H3,(H,23,28)(H,24,26)(H,25,27). The predicted molar refractivity (Wildman–Crippen MR) is 104 cm³/mol. The number of nitrogens with one attached hydrogen (secondary N) is 3. The summed E-state index contributed by atoms with van der Waals surface area (Å²) in [6, 6.07) is 13.0. The van der Waals surface area contributed by atoms with Crippen molar-refractivity contribution in [1.29, 1.82) is 0 Å². The molecule has 3 N–H and O–H groups in total. The molecular formula is C21H20FN3O3. The monoisotopic (exact) mass is 381 g/mol. The number of benzene rings is 2. The molecule has 0 saturated carbocycles. The summed E-state index contributed by atoms with van der Waals surface area (Å²) in [4.78, 5) is 40.2. The molecule has 1 atom stereocenters. The topological polar surface area (TPSA) is 91.1 Å². The van der Waals surface area contributed by atoms with Crippen molar-refractivity contribution in [2.24, 2.45) is 0 Å². The highest BCUT2D eigenvalue weighted by Crippen LogP contribution is 2.16. The Morgan fingerprint density at radius 3 is 2.39 bits per heavy atom. The van der Waals surface area contributed by atoms with Crippen LogP contribution in [0.25, 0.3) is 10.9 Å². The van der Waals surface area contributed by atoms with Gasteiger partial charge in [0.1, 0.15) is 17.4 Å². The summed E-state index contributed by atoms with van der Waals surface area (Å²) in [5, 5.41) is 5.90. The number of hydrogen-bond donors (Lipinski definition) is 3. The Bertz CT molecular complexity index is 1080. The zero-order valence-corrected chi connectivity index (χ0v) is 15.5. The first-order chi connectivity index (χ1) is 13.3. The minimum atomic E-state index is -0.959. The molecule has 1 unspecified atom stereocenters. The maximum Gasteiger partial charge on any atom is 0.261 e. The fraction of sp³-hybridized carbons (Fsp3) is 0.190. The Hall–Kier alpha value is -3.48. The molecule has 144 valence electrons. The van der Waals surface area contributed by atoms with Crippen LogP contribution >= 0.6 is 0 Å². The third-order valence-corrected chi connectivity index (χ3v) is 4.15. The van der Waals surface area contributed by atoms with Crippen molar-refractivity contribution in [3.05, 3.63) is 81.9 Å². The second-order valence-corrected chi connectivity index (χ2v) is 6.72. The fourth-order valence-corrected chi connectivity index (χ4v) is 2.86. The first-order valence-corrected chi connectivity index (χ1v) is 8.84. The van der Waals surface area contributed by atoms with Crippen LogP contribution < -0.4 is 16.2 Å². The molecule has 2 amide bonds. The molecule has 0 radical (unpaired) electrons. The number of fused-ring (bicyclic) bond motifs is 1. The van der Waals surface area contributed by atoms with Crippen molar-refractivity contribution < 1.29 is 14.0 Å². The fourth-order valence-electron chi connectivity index (χ4n) is 2.86. The summed E-state index contributed by atoms with van der Waals surface area (Å²) < 4.78 is 13.3. The lowest BCUT2D eigenvalue weighted by Gasteiger charge is -2.20. The van der Waals surface area contributed by atoms with E-state index in [9.17, 15) is 18.8 Å². The van der Waals surface area contributed by atoms with Gasteiger partial charge in [0.2, 0.25) is 5.91 Å². The lowest BCUT2D eigenvalue weighted by atomic mass is 10.0. The number of carbonyl (C=O) groups excluding carboxylic acids is 2. The molecule has 1 heterocycles. The molecule has 0 spiro atoms. The van der Waals surface area contributed by atoms with Crippen LogP contribution in [0.1, 0.15) is 35.8 Å². The van der Waals surface area contributed by atoms with Gasteiger partial charge in [-0.3, -0.25) is 14.4 Å². The predicted octanol–water partition coefficient (Wildman–Crippen LogP) is 2.66. The summed E-state index contributed by atoms with van der Waals surface area (Å²) >= 11 is 0. The van der Waals surface area contributed by atoms with Gasteiger partial charge in [0.15, 0.2) is 0 Å². The number of halogens is 1. The van der Waals surface area contributed by atoms with E-state index >= 15 is 0 Å². The van der Waals surface area contributed by atoms with Crippen molar-refractivity contribution in [2.75, 3.05) is 0 Å². The van der Waals surface area contributed by atoms with Gasteiger partial charge >= 0.3 is 0 Å². The molecule has 6 nitrogen and oxygen atoms in total. The van der Waals surface area contributed by atoms with Gasteiger partial charge in [-0.25, -0.2) is 4.39 Å². The zero-order valence-electron chi connectivity index (χ0n) is 15.5. The largest absolute Gasteiger partial charge is 0.352 e. The number of H-pyrrole nitrogens is 1. The maximum atomic E-state index is 13.3. The lowest BCUT2D eigenvalue weighted by molar-refractivity contribution is -0.123. The molecular weight excluding hydrogens is 361 g/mol. The second-order valence-electron chi connectivity index (χ2n) is 6.72. The molecule has 3 rings (SSSR count).